The molecule has 1 aromatic heterocycles. The zero-order valence-corrected chi connectivity index (χ0v) is 11.5. The van der Waals surface area contributed by atoms with Crippen molar-refractivity contribution in [3.8, 4) is 0 Å². The van der Waals surface area contributed by atoms with Crippen LogP contribution in [0.25, 0.3) is 0 Å². The predicted octanol–water partition coefficient (Wildman–Crippen LogP) is 0.769. The lowest BCUT2D eigenvalue weighted by molar-refractivity contribution is -0.210. The van der Waals surface area contributed by atoms with Crippen molar-refractivity contribution in [3.05, 3.63) is 11.7 Å². The van der Waals surface area contributed by atoms with Crippen molar-refractivity contribution in [2.75, 3.05) is 32.7 Å². The smallest absolute Gasteiger partial charge is 0.383 e. The fraction of sp³-hybridized carbons (Fsp3) is 0.833. The lowest BCUT2D eigenvalue weighted by Gasteiger charge is -2.46. The Morgan fingerprint density at radius 3 is 2.48 bits per heavy atom. The molecule has 3 aliphatic heterocycles. The van der Waals surface area contributed by atoms with E-state index in [2.05, 4.69) is 19.9 Å². The van der Waals surface area contributed by atoms with Crippen LogP contribution < -0.4 is 0 Å². The van der Waals surface area contributed by atoms with Gasteiger partial charge in [0.1, 0.15) is 0 Å². The van der Waals surface area contributed by atoms with Crippen LogP contribution in [0.1, 0.15) is 30.6 Å². The Morgan fingerprint density at radius 1 is 1.29 bits per heavy atom. The van der Waals surface area contributed by atoms with Crippen LogP contribution in [0.4, 0.5) is 13.2 Å². The van der Waals surface area contributed by atoms with Crippen molar-refractivity contribution < 1.29 is 22.8 Å². The number of rotatable bonds is 3. The van der Waals surface area contributed by atoms with Gasteiger partial charge in [-0.25, -0.2) is 0 Å². The second kappa shape index (κ2) is 5.22. The van der Waals surface area contributed by atoms with E-state index in [9.17, 15) is 18.3 Å². The molecule has 3 unspecified atom stereocenters. The Morgan fingerprint density at radius 2 is 1.95 bits per heavy atom. The summed E-state index contributed by atoms with van der Waals surface area (Å²) in [5.74, 6) is -1.05. The summed E-state index contributed by atoms with van der Waals surface area (Å²) < 4.78 is 42.5. The lowest BCUT2D eigenvalue weighted by Crippen LogP contribution is -2.57. The van der Waals surface area contributed by atoms with E-state index in [1.807, 2.05) is 0 Å². The Hall–Kier alpha value is -1.19. The first-order valence-corrected chi connectivity index (χ1v) is 6.91. The van der Waals surface area contributed by atoms with Gasteiger partial charge in [-0.3, -0.25) is 9.80 Å². The molecule has 4 heterocycles. The van der Waals surface area contributed by atoms with Gasteiger partial charge in [-0.15, -0.1) is 0 Å². The zero-order valence-electron chi connectivity index (χ0n) is 11.5. The number of aliphatic hydroxyl groups excluding tert-OH is 1. The first-order chi connectivity index (χ1) is 9.86. The lowest BCUT2D eigenvalue weighted by atomic mass is 10.0. The van der Waals surface area contributed by atoms with Crippen molar-refractivity contribution in [1.82, 2.24) is 19.9 Å². The third kappa shape index (κ3) is 2.77. The minimum atomic E-state index is -4.70. The van der Waals surface area contributed by atoms with E-state index in [1.165, 1.54) is 6.92 Å². The van der Waals surface area contributed by atoms with E-state index in [4.69, 9.17) is 4.52 Å². The summed E-state index contributed by atoms with van der Waals surface area (Å²) in [6.45, 7) is 5.76. The number of nitrogens with zero attached hydrogens (tertiary/aromatic N) is 4. The van der Waals surface area contributed by atoms with E-state index in [1.54, 1.807) is 0 Å². The van der Waals surface area contributed by atoms with E-state index >= 15 is 0 Å². The number of hydrogen-bond acceptors (Lipinski definition) is 6. The molecular formula is C12H17F3N4O2. The van der Waals surface area contributed by atoms with Crippen molar-refractivity contribution in [2.45, 2.75) is 31.2 Å². The summed E-state index contributed by atoms with van der Waals surface area (Å²) in [5.41, 5.74) is 0. The van der Waals surface area contributed by atoms with Crippen molar-refractivity contribution in [2.24, 2.45) is 0 Å². The number of piperazine rings is 3. The Labute approximate surface area is 119 Å². The quantitative estimate of drug-likeness (QED) is 0.890. The summed E-state index contributed by atoms with van der Waals surface area (Å²) in [7, 11) is 0. The van der Waals surface area contributed by atoms with Crippen LogP contribution in [0.2, 0.25) is 0 Å². The van der Waals surface area contributed by atoms with Crippen LogP contribution in [-0.4, -0.2) is 70.1 Å². The molecule has 21 heavy (non-hydrogen) atoms. The van der Waals surface area contributed by atoms with Crippen LogP contribution in [-0.2, 0) is 0 Å². The molecule has 2 bridgehead atoms. The molecule has 3 atom stereocenters. The van der Waals surface area contributed by atoms with Gasteiger partial charge < -0.3 is 9.63 Å². The highest BCUT2D eigenvalue weighted by Gasteiger charge is 2.44. The number of aromatic nitrogens is 2. The normalized spacial score (nSPS) is 32.1. The summed E-state index contributed by atoms with van der Waals surface area (Å²) >= 11 is 0. The molecule has 0 aliphatic carbocycles. The zero-order chi connectivity index (χ0) is 15.2. The minimum Gasteiger partial charge on any atom is -0.383 e. The maximum absolute atomic E-state index is 12.5. The fourth-order valence-electron chi connectivity index (χ4n) is 2.85. The third-order valence-corrected chi connectivity index (χ3v) is 4.23. The van der Waals surface area contributed by atoms with Crippen LogP contribution in [0.3, 0.4) is 0 Å². The summed E-state index contributed by atoms with van der Waals surface area (Å²) in [5, 5.41) is 13.1. The van der Waals surface area contributed by atoms with E-state index < -0.39 is 18.2 Å². The number of aliphatic hydroxyl groups is 1. The van der Waals surface area contributed by atoms with Gasteiger partial charge in [0.15, 0.2) is 11.9 Å². The third-order valence-electron chi connectivity index (χ3n) is 4.23. The van der Waals surface area contributed by atoms with Crippen molar-refractivity contribution in [1.29, 1.82) is 0 Å². The van der Waals surface area contributed by atoms with Crippen molar-refractivity contribution >= 4 is 0 Å². The van der Waals surface area contributed by atoms with E-state index in [0.29, 0.717) is 5.82 Å². The second-order valence-corrected chi connectivity index (χ2v) is 5.62. The second-order valence-electron chi connectivity index (χ2n) is 5.62. The molecule has 6 nitrogen and oxygen atoms in total. The topological polar surface area (TPSA) is 65.6 Å². The minimum absolute atomic E-state index is 0.0415. The molecule has 9 heteroatoms. The fourth-order valence-corrected chi connectivity index (χ4v) is 2.85. The van der Waals surface area contributed by atoms with Gasteiger partial charge in [0.25, 0.3) is 0 Å². The molecule has 1 aromatic rings. The molecule has 0 saturated carbocycles. The maximum Gasteiger partial charge on any atom is 0.415 e. The van der Waals surface area contributed by atoms with Gasteiger partial charge >= 0.3 is 6.18 Å². The van der Waals surface area contributed by atoms with Gasteiger partial charge in [0.05, 0.1) is 12.0 Å². The van der Waals surface area contributed by atoms with Gasteiger partial charge in [-0.05, 0) is 0 Å². The Bertz CT molecular complexity index is 499. The molecule has 3 saturated heterocycles. The summed E-state index contributed by atoms with van der Waals surface area (Å²) in [6.07, 6.45) is -7.20. The van der Waals surface area contributed by atoms with Gasteiger partial charge in [0, 0.05) is 32.7 Å². The molecule has 0 spiro atoms. The first-order valence-electron chi connectivity index (χ1n) is 6.91. The molecule has 0 radical (unpaired) electrons. The Kier molecular flexibility index (Phi) is 3.66. The molecule has 1 N–H and O–H groups in total. The van der Waals surface area contributed by atoms with Crippen molar-refractivity contribution in [3.63, 3.8) is 0 Å². The highest BCUT2D eigenvalue weighted by Crippen LogP contribution is 2.32. The highest BCUT2D eigenvalue weighted by atomic mass is 19.4. The van der Waals surface area contributed by atoms with E-state index in [-0.39, 0.29) is 11.9 Å². The molecule has 3 fully saturated rings. The van der Waals surface area contributed by atoms with Crippen LogP contribution in [0.15, 0.2) is 4.52 Å². The highest BCUT2D eigenvalue weighted by molar-refractivity contribution is 5.04. The van der Waals surface area contributed by atoms with E-state index in [0.717, 1.165) is 32.7 Å². The SMILES string of the molecule is CC(c1nc(C2CN3CCN2CC3)no1)C(O)C(F)(F)F. The van der Waals surface area contributed by atoms with Gasteiger partial charge in [0.2, 0.25) is 5.89 Å². The maximum atomic E-state index is 12.5. The molecular weight excluding hydrogens is 289 g/mol. The average molecular weight is 306 g/mol. The molecule has 0 amide bonds. The monoisotopic (exact) mass is 306 g/mol. The summed E-state index contributed by atoms with van der Waals surface area (Å²) in [4.78, 5) is 8.56. The Balaban J connectivity index is 1.74. The van der Waals surface area contributed by atoms with Gasteiger partial charge in [-0.1, -0.05) is 12.1 Å². The molecule has 118 valence electrons. The predicted molar refractivity (Wildman–Crippen MR) is 65.5 cm³/mol. The molecule has 3 aliphatic rings. The summed E-state index contributed by atoms with van der Waals surface area (Å²) in [6, 6.07) is -0.0415. The van der Waals surface area contributed by atoms with Crippen LogP contribution in [0.5, 0.6) is 0 Å². The number of alkyl halides is 3. The number of fused-ring (bicyclic) bond motifs is 3. The van der Waals surface area contributed by atoms with Crippen LogP contribution in [0, 0.1) is 0 Å². The number of halogens is 3. The van der Waals surface area contributed by atoms with Gasteiger partial charge in [-0.2, -0.15) is 18.2 Å². The largest absolute Gasteiger partial charge is 0.415 e. The molecule has 4 rings (SSSR count). The number of hydrogen-bond donors (Lipinski definition) is 1. The molecule has 0 aromatic carbocycles. The van der Waals surface area contributed by atoms with Crippen LogP contribution >= 0.6 is 0 Å². The average Bonchev–Trinajstić information content (AvgIpc) is 2.95. The first kappa shape index (κ1) is 14.7. The standard InChI is InChI=1S/C12H17F3N4O2/c1-7(9(20)12(13,14)15)11-16-10(17-21-11)8-6-18-2-4-19(8)5-3-18/h7-9,20H,2-6H2,1H3.